The number of aryl methyl sites for hydroxylation is 3. The molecule has 28 heavy (non-hydrogen) atoms. The minimum Gasteiger partial charge on any atom is -0.368 e. The van der Waals surface area contributed by atoms with Crippen LogP contribution in [0.2, 0.25) is 0 Å². The number of aromatic nitrogens is 3. The molecule has 0 spiro atoms. The molecule has 6 nitrogen and oxygen atoms in total. The number of hydrogen-bond donors (Lipinski definition) is 2. The molecule has 0 saturated carbocycles. The van der Waals surface area contributed by atoms with Crippen molar-refractivity contribution in [1.82, 2.24) is 20.3 Å². The molecule has 0 aliphatic carbocycles. The van der Waals surface area contributed by atoms with Crippen molar-refractivity contribution in [2.75, 3.05) is 30.3 Å². The highest BCUT2D eigenvalue weighted by Gasteiger charge is 2.23. The second-order valence-electron chi connectivity index (χ2n) is 7.62. The molecule has 0 bridgehead atoms. The van der Waals surface area contributed by atoms with Gasteiger partial charge >= 0.3 is 0 Å². The highest BCUT2D eigenvalue weighted by molar-refractivity contribution is 7.18. The number of piperidine rings is 1. The number of anilines is 2. The van der Waals surface area contributed by atoms with Gasteiger partial charge in [-0.25, -0.2) is 4.98 Å². The van der Waals surface area contributed by atoms with Crippen LogP contribution in [-0.4, -0.2) is 40.6 Å². The van der Waals surface area contributed by atoms with E-state index in [9.17, 15) is 0 Å². The van der Waals surface area contributed by atoms with Crippen LogP contribution in [0.3, 0.4) is 0 Å². The molecule has 3 aromatic rings. The third-order valence-corrected chi connectivity index (χ3v) is 6.67. The van der Waals surface area contributed by atoms with Crippen LogP contribution < -0.4 is 16.0 Å². The third kappa shape index (κ3) is 4.10. The van der Waals surface area contributed by atoms with Gasteiger partial charge in [-0.2, -0.15) is 4.98 Å². The van der Waals surface area contributed by atoms with Gasteiger partial charge in [0.1, 0.15) is 0 Å². The van der Waals surface area contributed by atoms with E-state index in [4.69, 9.17) is 5.73 Å². The van der Waals surface area contributed by atoms with Crippen LogP contribution in [0, 0.1) is 13.8 Å². The molecule has 0 unspecified atom stereocenters. The number of nitrogen functional groups attached to an aromatic ring is 1. The fourth-order valence-electron chi connectivity index (χ4n) is 3.89. The van der Waals surface area contributed by atoms with E-state index in [0.29, 0.717) is 12.0 Å². The first-order valence-corrected chi connectivity index (χ1v) is 10.9. The molecule has 4 rings (SSSR count). The fraction of sp³-hybridized carbons (Fsp3) is 0.476. The molecular formula is C21H28N6S. The lowest BCUT2D eigenvalue weighted by Gasteiger charge is -2.33. The first-order valence-electron chi connectivity index (χ1n) is 10.0. The van der Waals surface area contributed by atoms with Crippen molar-refractivity contribution < 1.29 is 0 Å². The molecule has 0 amide bonds. The van der Waals surface area contributed by atoms with E-state index in [1.54, 1.807) is 11.3 Å². The second-order valence-corrected chi connectivity index (χ2v) is 8.50. The standard InChI is InChI=1S/C21H28N6S/c1-14-5-9-23-12-16(14)4-3-8-24-17-6-10-27(11-7-17)20-19-18(15(2)13-28-19)25-21(22)26-20/h5,9,12-13,17,24H,3-4,6-8,10-11H2,1-2H3,(H2,22,25,26). The summed E-state index contributed by atoms with van der Waals surface area (Å²) in [5, 5.41) is 5.87. The van der Waals surface area contributed by atoms with E-state index in [1.165, 1.54) is 16.7 Å². The largest absolute Gasteiger partial charge is 0.368 e. The van der Waals surface area contributed by atoms with Gasteiger partial charge < -0.3 is 16.0 Å². The number of thiophene rings is 1. The molecule has 4 heterocycles. The van der Waals surface area contributed by atoms with Crippen molar-refractivity contribution in [3.8, 4) is 0 Å². The minimum atomic E-state index is 0.370. The quantitative estimate of drug-likeness (QED) is 0.621. The number of nitrogens with one attached hydrogen (secondary N) is 1. The monoisotopic (exact) mass is 396 g/mol. The third-order valence-electron chi connectivity index (χ3n) is 5.59. The molecule has 148 valence electrons. The summed E-state index contributed by atoms with van der Waals surface area (Å²) in [6.07, 6.45) is 8.34. The van der Waals surface area contributed by atoms with Crippen LogP contribution in [0.1, 0.15) is 36.0 Å². The number of fused-ring (bicyclic) bond motifs is 1. The van der Waals surface area contributed by atoms with Crippen molar-refractivity contribution in [3.05, 3.63) is 40.5 Å². The van der Waals surface area contributed by atoms with Crippen LogP contribution in [0.25, 0.3) is 10.2 Å². The highest BCUT2D eigenvalue weighted by Crippen LogP contribution is 2.33. The summed E-state index contributed by atoms with van der Waals surface area (Å²) >= 11 is 1.72. The molecule has 0 radical (unpaired) electrons. The van der Waals surface area contributed by atoms with Crippen LogP contribution in [0.5, 0.6) is 0 Å². The van der Waals surface area contributed by atoms with E-state index >= 15 is 0 Å². The Hall–Kier alpha value is -2.25. The van der Waals surface area contributed by atoms with Crippen LogP contribution in [0.15, 0.2) is 23.8 Å². The number of nitrogens with zero attached hydrogens (tertiary/aromatic N) is 4. The molecule has 1 aliphatic heterocycles. The smallest absolute Gasteiger partial charge is 0.222 e. The summed E-state index contributed by atoms with van der Waals surface area (Å²) < 4.78 is 1.16. The lowest BCUT2D eigenvalue weighted by atomic mass is 10.0. The molecule has 1 saturated heterocycles. The number of pyridine rings is 1. The molecule has 3 N–H and O–H groups in total. The molecule has 0 aromatic carbocycles. The zero-order valence-electron chi connectivity index (χ0n) is 16.6. The average Bonchev–Trinajstić information content (AvgIpc) is 3.07. The molecule has 0 atom stereocenters. The second kappa shape index (κ2) is 8.41. The zero-order chi connectivity index (χ0) is 19.5. The van der Waals surface area contributed by atoms with Gasteiger partial charge in [0.25, 0.3) is 0 Å². The zero-order valence-corrected chi connectivity index (χ0v) is 17.4. The van der Waals surface area contributed by atoms with Crippen molar-refractivity contribution in [3.63, 3.8) is 0 Å². The van der Waals surface area contributed by atoms with Crippen LogP contribution >= 0.6 is 11.3 Å². The van der Waals surface area contributed by atoms with Crippen molar-refractivity contribution >= 4 is 33.3 Å². The van der Waals surface area contributed by atoms with Crippen LogP contribution in [-0.2, 0) is 6.42 Å². The van der Waals surface area contributed by atoms with Crippen molar-refractivity contribution in [1.29, 1.82) is 0 Å². The molecular weight excluding hydrogens is 368 g/mol. The first kappa shape index (κ1) is 19.1. The maximum atomic E-state index is 5.97. The Morgan fingerprint density at radius 3 is 2.82 bits per heavy atom. The summed E-state index contributed by atoms with van der Waals surface area (Å²) in [6, 6.07) is 2.66. The number of rotatable bonds is 6. The Kier molecular flexibility index (Phi) is 5.73. The topological polar surface area (TPSA) is 80.0 Å². The summed E-state index contributed by atoms with van der Waals surface area (Å²) in [4.78, 5) is 15.6. The lowest BCUT2D eigenvalue weighted by molar-refractivity contribution is 0.412. The van der Waals surface area contributed by atoms with Gasteiger partial charge in [0.2, 0.25) is 5.95 Å². The van der Waals surface area contributed by atoms with Gasteiger partial charge in [-0.1, -0.05) is 0 Å². The molecule has 7 heteroatoms. The summed E-state index contributed by atoms with van der Waals surface area (Å²) in [6.45, 7) is 7.29. The first-order chi connectivity index (χ1) is 13.6. The van der Waals surface area contributed by atoms with Crippen LogP contribution in [0.4, 0.5) is 11.8 Å². The Morgan fingerprint density at radius 2 is 2.04 bits per heavy atom. The van der Waals surface area contributed by atoms with Gasteiger partial charge in [-0.3, -0.25) is 4.98 Å². The van der Waals surface area contributed by atoms with Crippen molar-refractivity contribution in [2.45, 2.75) is 45.6 Å². The van der Waals surface area contributed by atoms with Gasteiger partial charge in [0.05, 0.1) is 10.2 Å². The Bertz CT molecular complexity index is 945. The molecule has 1 aliphatic rings. The summed E-state index contributed by atoms with van der Waals surface area (Å²) in [5.74, 6) is 1.38. The fourth-order valence-corrected chi connectivity index (χ4v) is 4.89. The number of nitrogens with two attached hydrogens (primary N) is 1. The molecule has 3 aromatic heterocycles. The Labute approximate surface area is 170 Å². The normalized spacial score (nSPS) is 15.4. The van der Waals surface area contributed by atoms with E-state index in [0.717, 1.165) is 61.4 Å². The van der Waals surface area contributed by atoms with Crippen molar-refractivity contribution in [2.24, 2.45) is 0 Å². The molecule has 1 fully saturated rings. The Balaban J connectivity index is 1.29. The Morgan fingerprint density at radius 1 is 1.21 bits per heavy atom. The predicted octanol–water partition coefficient (Wildman–Crippen LogP) is 3.48. The van der Waals surface area contributed by atoms with Gasteiger partial charge in [0, 0.05) is 31.5 Å². The maximum absolute atomic E-state index is 5.97. The highest BCUT2D eigenvalue weighted by atomic mass is 32.1. The SMILES string of the molecule is Cc1ccncc1CCCNC1CCN(c2nc(N)nc3c(C)csc23)CC1. The summed E-state index contributed by atoms with van der Waals surface area (Å²) in [7, 11) is 0. The maximum Gasteiger partial charge on any atom is 0.222 e. The summed E-state index contributed by atoms with van der Waals surface area (Å²) in [5.41, 5.74) is 10.8. The predicted molar refractivity (Wildman–Crippen MR) is 117 cm³/mol. The number of hydrogen-bond acceptors (Lipinski definition) is 7. The van der Waals surface area contributed by atoms with E-state index in [2.05, 4.69) is 50.5 Å². The lowest BCUT2D eigenvalue weighted by Crippen LogP contribution is -2.43. The van der Waals surface area contributed by atoms with E-state index < -0.39 is 0 Å². The minimum absolute atomic E-state index is 0.370. The van der Waals surface area contributed by atoms with Gasteiger partial charge in [0.15, 0.2) is 5.82 Å². The van der Waals surface area contributed by atoms with Gasteiger partial charge in [-0.15, -0.1) is 11.3 Å². The van der Waals surface area contributed by atoms with E-state index in [1.807, 2.05) is 12.4 Å². The van der Waals surface area contributed by atoms with Gasteiger partial charge in [-0.05, 0) is 74.2 Å². The average molecular weight is 397 g/mol. The van der Waals surface area contributed by atoms with E-state index in [-0.39, 0.29) is 0 Å².